The minimum absolute atomic E-state index is 0.0699. The number of hydrogen-bond donors (Lipinski definition) is 0. The Bertz CT molecular complexity index is 1200. The highest BCUT2D eigenvalue weighted by Crippen LogP contribution is 2.32. The lowest BCUT2D eigenvalue weighted by Gasteiger charge is -2.33. The minimum Gasteiger partial charge on any atom is -0.339 e. The molecule has 1 aliphatic heterocycles. The largest absolute Gasteiger partial charge is 0.339 e. The summed E-state index contributed by atoms with van der Waals surface area (Å²) in [5, 5.41) is 5.63. The van der Waals surface area contributed by atoms with E-state index in [0.29, 0.717) is 43.1 Å². The second-order valence-corrected chi connectivity index (χ2v) is 11.0. The van der Waals surface area contributed by atoms with Crippen molar-refractivity contribution in [3.05, 3.63) is 47.2 Å². The predicted octanol–water partition coefficient (Wildman–Crippen LogP) is 3.73. The van der Waals surface area contributed by atoms with Crippen molar-refractivity contribution in [2.24, 2.45) is 5.92 Å². The van der Waals surface area contributed by atoms with Crippen molar-refractivity contribution < 1.29 is 17.7 Å². The van der Waals surface area contributed by atoms with Crippen LogP contribution in [0.3, 0.4) is 0 Å². The van der Waals surface area contributed by atoms with E-state index in [1.54, 1.807) is 23.4 Å². The van der Waals surface area contributed by atoms with E-state index in [2.05, 4.69) is 10.1 Å². The summed E-state index contributed by atoms with van der Waals surface area (Å²) < 4.78 is 33.3. The Labute approximate surface area is 191 Å². The number of aryl methyl sites for hydroxylation is 2. The molecule has 170 valence electrons. The summed E-state index contributed by atoms with van der Waals surface area (Å²) in [6, 6.07) is 9.30. The lowest BCUT2D eigenvalue weighted by Crippen LogP contribution is -2.45. The average Bonchev–Trinajstić information content (AvgIpc) is 3.48. The van der Waals surface area contributed by atoms with Crippen LogP contribution in [0.25, 0.3) is 11.4 Å². The predicted molar refractivity (Wildman–Crippen MR) is 123 cm³/mol. The Kier molecular flexibility index (Phi) is 6.45. The summed E-state index contributed by atoms with van der Waals surface area (Å²) in [7, 11) is -1.98. The normalized spacial score (nSPS) is 17.4. The van der Waals surface area contributed by atoms with Gasteiger partial charge in [0, 0.05) is 43.2 Å². The van der Waals surface area contributed by atoms with Crippen LogP contribution in [-0.4, -0.2) is 48.9 Å². The number of carbonyl (C=O) groups is 1. The molecular formula is C22H26N4O4S2. The first-order valence-corrected chi connectivity index (χ1v) is 12.9. The van der Waals surface area contributed by atoms with Crippen LogP contribution in [0, 0.1) is 12.8 Å². The molecule has 0 aliphatic carbocycles. The van der Waals surface area contributed by atoms with E-state index in [0.717, 1.165) is 22.6 Å². The molecule has 32 heavy (non-hydrogen) atoms. The van der Waals surface area contributed by atoms with Crippen molar-refractivity contribution in [2.75, 3.05) is 25.0 Å². The summed E-state index contributed by atoms with van der Waals surface area (Å²) in [5.74, 6) is 0.435. The van der Waals surface area contributed by atoms with Gasteiger partial charge in [-0.25, -0.2) is 8.42 Å². The molecule has 8 nitrogen and oxygen atoms in total. The zero-order valence-corrected chi connectivity index (χ0v) is 19.9. The van der Waals surface area contributed by atoms with E-state index in [4.69, 9.17) is 4.52 Å². The fourth-order valence-electron chi connectivity index (χ4n) is 3.74. The maximum absolute atomic E-state index is 13.3. The topological polar surface area (TPSA) is 96.6 Å². The molecule has 0 spiro atoms. The summed E-state index contributed by atoms with van der Waals surface area (Å²) in [4.78, 5) is 19.0. The highest BCUT2D eigenvalue weighted by molar-refractivity contribution is 7.91. The molecule has 1 aliphatic rings. The molecule has 4 rings (SSSR count). The molecule has 1 unspecified atom stereocenters. The Morgan fingerprint density at radius 1 is 1.31 bits per heavy atom. The summed E-state index contributed by atoms with van der Waals surface area (Å²) >= 11 is 1.13. The number of nitrogens with zero attached hydrogens (tertiary/aromatic N) is 4. The maximum atomic E-state index is 13.3. The molecule has 1 amide bonds. The van der Waals surface area contributed by atoms with E-state index in [1.807, 2.05) is 38.1 Å². The summed E-state index contributed by atoms with van der Waals surface area (Å²) in [6.45, 7) is 4.47. The van der Waals surface area contributed by atoms with Crippen LogP contribution in [0.15, 0.2) is 44.4 Å². The number of sulfonamides is 1. The van der Waals surface area contributed by atoms with E-state index in [1.165, 1.54) is 4.31 Å². The van der Waals surface area contributed by atoms with Crippen LogP contribution in [0.5, 0.6) is 0 Å². The molecule has 1 aromatic carbocycles. The number of amides is 1. The molecule has 0 saturated carbocycles. The van der Waals surface area contributed by atoms with Crippen LogP contribution < -0.4 is 4.90 Å². The third kappa shape index (κ3) is 4.48. The quantitative estimate of drug-likeness (QED) is 0.540. The van der Waals surface area contributed by atoms with Crippen LogP contribution in [0.4, 0.5) is 5.69 Å². The van der Waals surface area contributed by atoms with Crippen LogP contribution >= 0.6 is 11.3 Å². The average molecular weight is 475 g/mol. The van der Waals surface area contributed by atoms with Crippen LogP contribution in [0.2, 0.25) is 0 Å². The van der Waals surface area contributed by atoms with Gasteiger partial charge in [-0.3, -0.25) is 4.79 Å². The Morgan fingerprint density at radius 2 is 2.06 bits per heavy atom. The van der Waals surface area contributed by atoms with Gasteiger partial charge in [0.05, 0.1) is 5.92 Å². The fraction of sp³-hybridized carbons (Fsp3) is 0.409. The van der Waals surface area contributed by atoms with E-state index in [9.17, 15) is 13.2 Å². The molecule has 1 saturated heterocycles. The van der Waals surface area contributed by atoms with E-state index in [-0.39, 0.29) is 22.6 Å². The molecule has 1 fully saturated rings. The number of aromatic nitrogens is 2. The smallest absolute Gasteiger partial charge is 0.252 e. The lowest BCUT2D eigenvalue weighted by molar-refractivity contribution is -0.123. The minimum atomic E-state index is -3.72. The SMILES string of the molecule is CCc1nc(-c2csc(S(=O)(=O)N3CCCC(C(=O)N(C)c4ccc(C)cc4)C3)c2)no1. The van der Waals surface area contributed by atoms with Crippen LogP contribution in [0.1, 0.15) is 31.2 Å². The number of rotatable bonds is 6. The Hall–Kier alpha value is -2.56. The number of carbonyl (C=O) groups excluding carboxylic acids is 1. The standard InChI is InChI=1S/C22H26N4O4S2/c1-4-19-23-21(24-30-19)17-12-20(31-14-17)32(28,29)26-11-5-6-16(13-26)22(27)25(3)18-9-7-15(2)8-10-18/h7-10,12,14,16H,4-6,11,13H2,1-3H3. The van der Waals surface area contributed by atoms with Gasteiger partial charge in [0.2, 0.25) is 17.6 Å². The fourth-order valence-corrected chi connectivity index (χ4v) is 6.58. The van der Waals surface area contributed by atoms with Crippen molar-refractivity contribution in [1.82, 2.24) is 14.4 Å². The van der Waals surface area contributed by atoms with Gasteiger partial charge < -0.3 is 9.42 Å². The molecular weight excluding hydrogens is 448 g/mol. The molecule has 0 radical (unpaired) electrons. The maximum Gasteiger partial charge on any atom is 0.252 e. The van der Waals surface area contributed by atoms with E-state index < -0.39 is 10.0 Å². The molecule has 2 aromatic heterocycles. The lowest BCUT2D eigenvalue weighted by atomic mass is 9.98. The van der Waals surface area contributed by atoms with Gasteiger partial charge in [-0.15, -0.1) is 11.3 Å². The van der Waals surface area contributed by atoms with Gasteiger partial charge in [-0.1, -0.05) is 29.8 Å². The molecule has 0 N–H and O–H groups in total. The number of anilines is 1. The van der Waals surface area contributed by atoms with Crippen LogP contribution in [-0.2, 0) is 21.2 Å². The monoisotopic (exact) mass is 474 g/mol. The number of piperidine rings is 1. The molecule has 3 heterocycles. The number of hydrogen-bond acceptors (Lipinski definition) is 7. The first-order chi connectivity index (χ1) is 15.3. The molecule has 10 heteroatoms. The zero-order valence-electron chi connectivity index (χ0n) is 18.3. The summed E-state index contributed by atoms with van der Waals surface area (Å²) in [5.41, 5.74) is 2.53. The van der Waals surface area contributed by atoms with Gasteiger partial charge in [-0.2, -0.15) is 9.29 Å². The van der Waals surface area contributed by atoms with Gasteiger partial charge >= 0.3 is 0 Å². The second kappa shape index (κ2) is 9.13. The van der Waals surface area contributed by atoms with Crippen molar-refractivity contribution in [3.8, 4) is 11.4 Å². The van der Waals surface area contributed by atoms with Gasteiger partial charge in [0.1, 0.15) is 4.21 Å². The highest BCUT2D eigenvalue weighted by atomic mass is 32.2. The third-order valence-corrected chi connectivity index (χ3v) is 8.96. The van der Waals surface area contributed by atoms with Gasteiger partial charge in [0.15, 0.2) is 0 Å². The Balaban J connectivity index is 1.49. The Morgan fingerprint density at radius 3 is 2.75 bits per heavy atom. The summed E-state index contributed by atoms with van der Waals surface area (Å²) in [6.07, 6.45) is 1.92. The van der Waals surface area contributed by atoms with Gasteiger partial charge in [-0.05, 0) is 38.0 Å². The van der Waals surface area contributed by atoms with Crippen molar-refractivity contribution >= 4 is 33.0 Å². The molecule has 1 atom stereocenters. The second-order valence-electron chi connectivity index (χ2n) is 7.95. The first-order valence-electron chi connectivity index (χ1n) is 10.6. The van der Waals surface area contributed by atoms with Crippen molar-refractivity contribution in [2.45, 2.75) is 37.3 Å². The zero-order chi connectivity index (χ0) is 22.9. The first kappa shape index (κ1) is 22.6. The van der Waals surface area contributed by atoms with Crippen molar-refractivity contribution in [1.29, 1.82) is 0 Å². The molecule has 3 aromatic rings. The number of thiophene rings is 1. The number of benzene rings is 1. The van der Waals surface area contributed by atoms with E-state index >= 15 is 0 Å². The van der Waals surface area contributed by atoms with Gasteiger partial charge in [0.25, 0.3) is 10.0 Å². The third-order valence-electron chi connectivity index (χ3n) is 5.68. The van der Waals surface area contributed by atoms with Crippen molar-refractivity contribution in [3.63, 3.8) is 0 Å². The highest BCUT2D eigenvalue weighted by Gasteiger charge is 2.35. The molecule has 0 bridgehead atoms.